The van der Waals surface area contributed by atoms with Crippen LogP contribution in [-0.2, 0) is 0 Å². The van der Waals surface area contributed by atoms with Gasteiger partial charge in [0.25, 0.3) is 0 Å². The molecular formula is C17H25Cl2N. The van der Waals surface area contributed by atoms with Crippen molar-refractivity contribution in [2.24, 2.45) is 5.92 Å². The van der Waals surface area contributed by atoms with Crippen LogP contribution in [-0.4, -0.2) is 6.54 Å². The molecule has 1 unspecified atom stereocenters. The topological polar surface area (TPSA) is 12.0 Å². The first-order chi connectivity index (χ1) is 9.74. The number of benzene rings is 1. The van der Waals surface area contributed by atoms with Crippen LogP contribution >= 0.6 is 23.2 Å². The van der Waals surface area contributed by atoms with E-state index < -0.39 is 0 Å². The average Bonchev–Trinajstić information content (AvgIpc) is 2.40. The fraction of sp³-hybridized carbons (Fsp3) is 0.647. The molecule has 0 radical (unpaired) electrons. The molecule has 1 fully saturated rings. The van der Waals surface area contributed by atoms with Crippen molar-refractivity contribution in [2.75, 3.05) is 6.54 Å². The van der Waals surface area contributed by atoms with Crippen LogP contribution in [0.2, 0.25) is 10.0 Å². The van der Waals surface area contributed by atoms with E-state index in [1.165, 1.54) is 50.5 Å². The third-order valence-corrected chi connectivity index (χ3v) is 5.20. The van der Waals surface area contributed by atoms with Crippen LogP contribution in [0.15, 0.2) is 18.2 Å². The Balaban J connectivity index is 2.22. The van der Waals surface area contributed by atoms with Crippen molar-refractivity contribution in [3.05, 3.63) is 33.8 Å². The second-order valence-corrected chi connectivity index (χ2v) is 6.57. The summed E-state index contributed by atoms with van der Waals surface area (Å²) in [5, 5.41) is 5.03. The lowest BCUT2D eigenvalue weighted by atomic mass is 9.83. The number of nitrogens with one attached hydrogen (secondary N) is 1. The van der Waals surface area contributed by atoms with E-state index in [9.17, 15) is 0 Å². The maximum atomic E-state index is 6.44. The van der Waals surface area contributed by atoms with Crippen LogP contribution in [0.3, 0.4) is 0 Å². The molecule has 1 atom stereocenters. The molecule has 1 N–H and O–H groups in total. The van der Waals surface area contributed by atoms with E-state index in [0.717, 1.165) is 11.6 Å². The van der Waals surface area contributed by atoms with Crippen LogP contribution in [0.4, 0.5) is 0 Å². The van der Waals surface area contributed by atoms with E-state index in [2.05, 4.69) is 18.3 Å². The zero-order chi connectivity index (χ0) is 14.4. The Hall–Kier alpha value is -0.240. The number of rotatable bonds is 4. The molecule has 1 aromatic rings. The molecule has 1 saturated carbocycles. The molecule has 0 heterocycles. The highest BCUT2D eigenvalue weighted by atomic mass is 35.5. The van der Waals surface area contributed by atoms with Crippen LogP contribution in [0.5, 0.6) is 0 Å². The van der Waals surface area contributed by atoms with Crippen molar-refractivity contribution in [1.82, 2.24) is 5.32 Å². The first-order valence-electron chi connectivity index (χ1n) is 7.91. The number of hydrogen-bond donors (Lipinski definition) is 1. The first kappa shape index (κ1) is 16.1. The molecule has 2 rings (SSSR count). The Morgan fingerprint density at radius 2 is 1.75 bits per heavy atom. The summed E-state index contributed by atoms with van der Waals surface area (Å²) in [6.07, 6.45) is 9.41. The summed E-state index contributed by atoms with van der Waals surface area (Å²) in [5.41, 5.74) is 1.17. The summed E-state index contributed by atoms with van der Waals surface area (Å²) >= 11 is 12.6. The zero-order valence-electron chi connectivity index (χ0n) is 12.3. The van der Waals surface area contributed by atoms with Crippen molar-refractivity contribution in [3.63, 3.8) is 0 Å². The largest absolute Gasteiger partial charge is 0.310 e. The highest BCUT2D eigenvalue weighted by Gasteiger charge is 2.25. The molecule has 0 saturated heterocycles. The van der Waals surface area contributed by atoms with Crippen LogP contribution in [0.1, 0.15) is 63.5 Å². The molecule has 0 aromatic heterocycles. The van der Waals surface area contributed by atoms with Gasteiger partial charge in [0, 0.05) is 6.04 Å². The van der Waals surface area contributed by atoms with Crippen LogP contribution in [0.25, 0.3) is 0 Å². The van der Waals surface area contributed by atoms with Gasteiger partial charge in [0.15, 0.2) is 0 Å². The molecule has 112 valence electrons. The third kappa shape index (κ3) is 4.13. The average molecular weight is 314 g/mol. The Morgan fingerprint density at radius 1 is 1.10 bits per heavy atom. The highest BCUT2D eigenvalue weighted by Crippen LogP contribution is 2.38. The normalized spacial score (nSPS) is 19.4. The Morgan fingerprint density at radius 3 is 2.40 bits per heavy atom. The summed E-state index contributed by atoms with van der Waals surface area (Å²) in [7, 11) is 0. The first-order valence-corrected chi connectivity index (χ1v) is 8.67. The Bertz CT molecular complexity index is 411. The number of hydrogen-bond acceptors (Lipinski definition) is 1. The van der Waals surface area contributed by atoms with Gasteiger partial charge < -0.3 is 5.32 Å². The lowest BCUT2D eigenvalue weighted by molar-refractivity contribution is 0.291. The fourth-order valence-electron chi connectivity index (χ4n) is 3.33. The van der Waals surface area contributed by atoms with E-state index >= 15 is 0 Å². The summed E-state index contributed by atoms with van der Waals surface area (Å²) in [6.45, 7) is 3.12. The Labute approximate surface area is 133 Å². The lowest BCUT2D eigenvalue weighted by Crippen LogP contribution is -2.29. The zero-order valence-corrected chi connectivity index (χ0v) is 13.8. The quantitative estimate of drug-likeness (QED) is 0.718. The van der Waals surface area contributed by atoms with Crippen LogP contribution < -0.4 is 5.32 Å². The minimum absolute atomic E-state index is 0.337. The second-order valence-electron chi connectivity index (χ2n) is 5.78. The van der Waals surface area contributed by atoms with Crippen LogP contribution in [0, 0.1) is 5.92 Å². The second kappa shape index (κ2) is 8.26. The van der Waals surface area contributed by atoms with E-state index in [4.69, 9.17) is 23.2 Å². The van der Waals surface area contributed by atoms with Crippen molar-refractivity contribution < 1.29 is 0 Å². The molecule has 3 heteroatoms. The summed E-state index contributed by atoms with van der Waals surface area (Å²) in [6, 6.07) is 6.34. The van der Waals surface area contributed by atoms with Gasteiger partial charge in [0.05, 0.1) is 10.0 Å². The number of halogens is 2. The fourth-order valence-corrected chi connectivity index (χ4v) is 3.76. The van der Waals surface area contributed by atoms with Gasteiger partial charge in [0.1, 0.15) is 0 Å². The van der Waals surface area contributed by atoms with Gasteiger partial charge in [0.2, 0.25) is 0 Å². The molecule has 0 aliphatic heterocycles. The summed E-state index contributed by atoms with van der Waals surface area (Å²) in [4.78, 5) is 0. The smallest absolute Gasteiger partial charge is 0.0640 e. The maximum Gasteiger partial charge on any atom is 0.0640 e. The van der Waals surface area contributed by atoms with Gasteiger partial charge in [-0.05, 0) is 36.9 Å². The molecular weight excluding hydrogens is 289 g/mol. The molecule has 1 aliphatic carbocycles. The minimum atomic E-state index is 0.337. The molecule has 1 aromatic carbocycles. The standard InChI is InChI=1S/C17H25Cl2N/c1-2-20-17(13-9-6-4-3-5-7-10-13)14-11-8-12-15(18)16(14)19/h8,11-13,17,20H,2-7,9-10H2,1H3. The monoisotopic (exact) mass is 313 g/mol. The minimum Gasteiger partial charge on any atom is -0.310 e. The molecule has 1 aliphatic rings. The molecule has 0 amide bonds. The summed E-state index contributed by atoms with van der Waals surface area (Å²) in [5.74, 6) is 0.672. The predicted octanol–water partition coefficient (Wildman–Crippen LogP) is 6.00. The molecule has 20 heavy (non-hydrogen) atoms. The SMILES string of the molecule is CCNC(c1cccc(Cl)c1Cl)C1CCCCCCC1. The Kier molecular flexibility index (Phi) is 6.67. The van der Waals surface area contributed by atoms with Gasteiger partial charge in [-0.2, -0.15) is 0 Å². The highest BCUT2D eigenvalue weighted by molar-refractivity contribution is 6.42. The van der Waals surface area contributed by atoms with Crippen molar-refractivity contribution in [1.29, 1.82) is 0 Å². The molecule has 0 spiro atoms. The maximum absolute atomic E-state index is 6.44. The van der Waals surface area contributed by atoms with Gasteiger partial charge in [-0.15, -0.1) is 0 Å². The van der Waals surface area contributed by atoms with Gasteiger partial charge in [-0.3, -0.25) is 0 Å². The van der Waals surface area contributed by atoms with Crippen molar-refractivity contribution >= 4 is 23.2 Å². The van der Waals surface area contributed by atoms with Crippen molar-refractivity contribution in [3.8, 4) is 0 Å². The molecule has 1 nitrogen and oxygen atoms in total. The van der Waals surface area contributed by atoms with Gasteiger partial charge in [-0.25, -0.2) is 0 Å². The van der Waals surface area contributed by atoms with E-state index in [-0.39, 0.29) is 0 Å². The van der Waals surface area contributed by atoms with Gasteiger partial charge >= 0.3 is 0 Å². The lowest BCUT2D eigenvalue weighted by Gasteiger charge is -2.30. The van der Waals surface area contributed by atoms with E-state index in [0.29, 0.717) is 17.0 Å². The predicted molar refractivity (Wildman–Crippen MR) is 88.7 cm³/mol. The molecule has 0 bridgehead atoms. The van der Waals surface area contributed by atoms with E-state index in [1.807, 2.05) is 12.1 Å². The summed E-state index contributed by atoms with van der Waals surface area (Å²) < 4.78 is 0. The van der Waals surface area contributed by atoms with Gasteiger partial charge in [-0.1, -0.05) is 74.4 Å². The van der Waals surface area contributed by atoms with Crippen molar-refractivity contribution in [2.45, 2.75) is 57.9 Å². The van der Waals surface area contributed by atoms with E-state index in [1.54, 1.807) is 0 Å². The third-order valence-electron chi connectivity index (χ3n) is 4.36.